The third-order valence-electron chi connectivity index (χ3n) is 24.6. The average molecular weight is 1420 g/mol. The third kappa shape index (κ3) is 9.18. The summed E-state index contributed by atoms with van der Waals surface area (Å²) < 4.78 is 13.6. The molecule has 0 atom stereocenters. The first-order chi connectivity index (χ1) is 55.4. The molecule has 0 radical (unpaired) electrons. The molecule has 0 unspecified atom stereocenters. The maximum absolute atomic E-state index is 6.85. The molecule has 0 amide bonds. The van der Waals surface area contributed by atoms with Crippen molar-refractivity contribution in [1.82, 2.24) is 9.97 Å². The zero-order valence-corrected chi connectivity index (χ0v) is 60.5. The van der Waals surface area contributed by atoms with E-state index in [1.165, 1.54) is 158 Å². The quantitative estimate of drug-likeness (QED) is 0.156. The Hall–Kier alpha value is -14.8. The summed E-state index contributed by atoms with van der Waals surface area (Å²) in [6.07, 6.45) is 0. The zero-order valence-electron chi connectivity index (χ0n) is 60.5. The Kier molecular flexibility index (Phi) is 12.8. The van der Waals surface area contributed by atoms with Gasteiger partial charge in [0.15, 0.2) is 0 Å². The van der Waals surface area contributed by atoms with E-state index in [1.54, 1.807) is 0 Å². The molecule has 25 rings (SSSR count). The molecular formula is C108H62N2O2. The number of nitrogens with one attached hydrogen (secondary N) is 2. The van der Waals surface area contributed by atoms with Gasteiger partial charge in [-0.1, -0.05) is 255 Å². The summed E-state index contributed by atoms with van der Waals surface area (Å²) in [5.41, 5.74) is 24.0. The van der Waals surface area contributed by atoms with E-state index in [4.69, 9.17) is 8.83 Å². The highest BCUT2D eigenvalue weighted by Crippen LogP contribution is 2.50. The monoisotopic (exact) mass is 1420 g/mol. The number of benzene rings is 21. The molecular weight excluding hydrogens is 1360 g/mol. The molecule has 25 aromatic rings. The van der Waals surface area contributed by atoms with Gasteiger partial charge in [0, 0.05) is 65.8 Å². The van der Waals surface area contributed by atoms with Crippen molar-refractivity contribution in [3.8, 4) is 77.9 Å². The second-order valence-electron chi connectivity index (χ2n) is 30.7. The number of H-pyrrole nitrogens is 2. The smallest absolute Gasteiger partial charge is 0.139 e. The Labute approximate surface area is 640 Å². The van der Waals surface area contributed by atoms with Crippen LogP contribution in [-0.2, 0) is 0 Å². The van der Waals surface area contributed by atoms with E-state index in [2.05, 4.69) is 374 Å². The molecule has 0 aliphatic carbocycles. The Morgan fingerprint density at radius 2 is 0.545 bits per heavy atom. The Balaban J connectivity index is 0.669. The standard InChI is InChI=1S/C108H62N2O2/c1-2-15-61(16-3-1)65-29-30-67-48-68(32-31-66(67)47-65)70-37-44-99-91(52-70)97-59-96-90-51-69(64-21-14-22-71(49-64)87-53-72-19-6-8-23-78(72)83-27-12-13-28-84(83)87)36-43-98(90)109-107(96)104(108(97)110-99)76-35-40-80-77(50-76)57-89(106-82-26-11-5-18-63(82)34-42-86(80)106)75-39-46-101-93(56-75)95-58-94-92-55-74(38-45-100(92)111-102(94)60-103(95)112-101)88-54-73-20-7-9-24-79(73)85-41-33-62-17-4-10-25-81(62)105(85)88/h1-60,109-110H. The minimum absolute atomic E-state index is 0.790. The number of fused-ring (bicyclic) bond motifs is 26. The average Bonchev–Trinajstić information content (AvgIpc) is 1.43. The van der Waals surface area contributed by atoms with Gasteiger partial charge in [-0.25, -0.2) is 0 Å². The van der Waals surface area contributed by atoms with Crippen LogP contribution in [0, 0.1) is 0 Å². The summed E-state index contributed by atoms with van der Waals surface area (Å²) in [7, 11) is 0. The van der Waals surface area contributed by atoms with Gasteiger partial charge in [-0.2, -0.15) is 0 Å². The molecule has 0 bridgehead atoms. The van der Waals surface area contributed by atoms with Crippen molar-refractivity contribution < 1.29 is 8.83 Å². The highest BCUT2D eigenvalue weighted by molar-refractivity contribution is 6.29. The second-order valence-corrected chi connectivity index (χ2v) is 30.7. The van der Waals surface area contributed by atoms with E-state index >= 15 is 0 Å². The lowest BCUT2D eigenvalue weighted by atomic mass is 9.88. The Morgan fingerprint density at radius 1 is 0.161 bits per heavy atom. The SMILES string of the molecule is c1ccc(-c2ccc3cc(-c4ccc5[nH]c6c(-c7ccc8c(c7)cc(-c7ccc9oc%10cc%11oc%12ccc(-c%13cc%14ccccc%14c%14ccc%15ccccc%15c%13%14)cc%12c%11cc%10c9c7)c7c9ccccc9ccc87)c7[nH]c8ccc(-c9cccc(-c%10cc%11ccccc%11c%11ccccc%10%11)c9)cc8c7cc6c5c4)ccc3c2)cc1. The van der Waals surface area contributed by atoms with Crippen molar-refractivity contribution in [2.24, 2.45) is 0 Å². The fraction of sp³-hybridized carbons (Fsp3) is 0. The highest BCUT2D eigenvalue weighted by atomic mass is 16.3. The molecule has 4 heterocycles. The van der Waals surface area contributed by atoms with Gasteiger partial charge in [0.05, 0.1) is 11.0 Å². The molecule has 4 heteroatoms. The summed E-state index contributed by atoms with van der Waals surface area (Å²) in [6, 6.07) is 135. The lowest BCUT2D eigenvalue weighted by Gasteiger charge is -2.15. The van der Waals surface area contributed by atoms with Gasteiger partial charge in [-0.3, -0.25) is 0 Å². The van der Waals surface area contributed by atoms with E-state index < -0.39 is 0 Å². The number of furan rings is 2. The molecule has 0 fully saturated rings. The molecule has 0 saturated carbocycles. The molecule has 4 aromatic heterocycles. The normalized spacial score (nSPS) is 12.3. The number of hydrogen-bond acceptors (Lipinski definition) is 2. The van der Waals surface area contributed by atoms with Crippen LogP contribution in [0.3, 0.4) is 0 Å². The molecule has 21 aromatic carbocycles. The molecule has 112 heavy (non-hydrogen) atoms. The van der Waals surface area contributed by atoms with Crippen molar-refractivity contribution in [2.75, 3.05) is 0 Å². The zero-order chi connectivity index (χ0) is 73.0. The van der Waals surface area contributed by atoms with Crippen LogP contribution in [0.2, 0.25) is 0 Å². The van der Waals surface area contributed by atoms with E-state index in [9.17, 15) is 0 Å². The fourth-order valence-corrected chi connectivity index (χ4v) is 19.2. The van der Waals surface area contributed by atoms with Gasteiger partial charge in [-0.05, 0) is 272 Å². The van der Waals surface area contributed by atoms with Gasteiger partial charge < -0.3 is 18.8 Å². The minimum atomic E-state index is 0.790. The van der Waals surface area contributed by atoms with Gasteiger partial charge in [0.1, 0.15) is 22.3 Å². The molecule has 4 nitrogen and oxygen atoms in total. The molecule has 0 aliphatic heterocycles. The van der Waals surface area contributed by atoms with Crippen LogP contribution in [0.25, 0.3) is 262 Å². The van der Waals surface area contributed by atoms with Crippen LogP contribution in [0.15, 0.2) is 373 Å². The minimum Gasteiger partial charge on any atom is -0.456 e. The summed E-state index contributed by atoms with van der Waals surface area (Å²) in [5, 5.41) is 31.0. The first kappa shape index (κ1) is 61.2. The van der Waals surface area contributed by atoms with Crippen LogP contribution in [0.1, 0.15) is 0 Å². The van der Waals surface area contributed by atoms with E-state index in [0.717, 1.165) is 105 Å². The van der Waals surface area contributed by atoms with E-state index in [-0.39, 0.29) is 0 Å². The summed E-state index contributed by atoms with van der Waals surface area (Å²) in [6.45, 7) is 0. The lowest BCUT2D eigenvalue weighted by Crippen LogP contribution is -1.89. The number of hydrogen-bond donors (Lipinski definition) is 2. The van der Waals surface area contributed by atoms with Gasteiger partial charge in [0.2, 0.25) is 0 Å². The van der Waals surface area contributed by atoms with Crippen LogP contribution in [-0.4, -0.2) is 9.97 Å². The highest BCUT2D eigenvalue weighted by Gasteiger charge is 2.24. The molecule has 2 N–H and O–H groups in total. The second kappa shape index (κ2) is 23.3. The van der Waals surface area contributed by atoms with Crippen LogP contribution in [0.4, 0.5) is 0 Å². The van der Waals surface area contributed by atoms with Crippen molar-refractivity contribution >= 4 is 184 Å². The van der Waals surface area contributed by atoms with Gasteiger partial charge >= 0.3 is 0 Å². The third-order valence-corrected chi connectivity index (χ3v) is 24.6. The van der Waals surface area contributed by atoms with E-state index in [1.807, 2.05) is 0 Å². The molecule has 0 aliphatic rings. The van der Waals surface area contributed by atoms with Gasteiger partial charge in [-0.15, -0.1) is 0 Å². The Bertz CT molecular complexity index is 8450. The van der Waals surface area contributed by atoms with Crippen LogP contribution in [0.5, 0.6) is 0 Å². The predicted molar refractivity (Wildman–Crippen MR) is 475 cm³/mol. The maximum Gasteiger partial charge on any atom is 0.139 e. The lowest BCUT2D eigenvalue weighted by molar-refractivity contribution is 0.656. The maximum atomic E-state index is 6.85. The van der Waals surface area contributed by atoms with Crippen LogP contribution < -0.4 is 0 Å². The first-order valence-corrected chi connectivity index (χ1v) is 38.6. The fourth-order valence-electron chi connectivity index (χ4n) is 19.2. The molecule has 516 valence electrons. The van der Waals surface area contributed by atoms with E-state index in [0.29, 0.717) is 0 Å². The van der Waals surface area contributed by atoms with Gasteiger partial charge in [0.25, 0.3) is 0 Å². The first-order valence-electron chi connectivity index (χ1n) is 38.6. The van der Waals surface area contributed by atoms with Crippen molar-refractivity contribution in [1.29, 1.82) is 0 Å². The topological polar surface area (TPSA) is 57.9 Å². The predicted octanol–water partition coefficient (Wildman–Crippen LogP) is 30.8. The molecule has 0 saturated heterocycles. The van der Waals surface area contributed by atoms with Crippen LogP contribution >= 0.6 is 0 Å². The summed E-state index contributed by atoms with van der Waals surface area (Å²) in [5.74, 6) is 0. The van der Waals surface area contributed by atoms with Crippen molar-refractivity contribution in [3.63, 3.8) is 0 Å². The number of aromatic nitrogens is 2. The summed E-state index contributed by atoms with van der Waals surface area (Å²) >= 11 is 0. The van der Waals surface area contributed by atoms with Crippen molar-refractivity contribution in [2.45, 2.75) is 0 Å². The summed E-state index contributed by atoms with van der Waals surface area (Å²) in [4.78, 5) is 8.15. The molecule has 0 spiro atoms. The Morgan fingerprint density at radius 3 is 1.15 bits per heavy atom. The number of aromatic amines is 2. The number of rotatable bonds is 7. The van der Waals surface area contributed by atoms with Crippen molar-refractivity contribution in [3.05, 3.63) is 364 Å². The largest absolute Gasteiger partial charge is 0.456 e.